The molecule has 0 fully saturated rings. The van der Waals surface area contributed by atoms with Gasteiger partial charge in [-0.05, 0) is 17.7 Å². The number of hydrogen-bond acceptors (Lipinski definition) is 3. The maximum atomic E-state index is 11.9. The molecule has 2 aromatic rings. The predicted molar refractivity (Wildman–Crippen MR) is 79.1 cm³/mol. The second kappa shape index (κ2) is 7.35. The van der Waals surface area contributed by atoms with Crippen LogP contribution in [0.15, 0.2) is 59.5 Å². The Labute approximate surface area is 121 Å². The molecule has 0 spiro atoms. The fraction of sp³-hybridized carbons (Fsp3) is 0.0667. The Bertz CT molecular complexity index is 587. The van der Waals surface area contributed by atoms with E-state index in [0.717, 1.165) is 10.6 Å². The molecule has 2 amide bonds. The van der Waals surface area contributed by atoms with Crippen LogP contribution in [0.4, 0.5) is 0 Å². The molecule has 0 radical (unpaired) electrons. The first-order chi connectivity index (χ1) is 9.81. The van der Waals surface area contributed by atoms with Crippen LogP contribution in [0, 0.1) is 0 Å². The number of rotatable bonds is 6. The van der Waals surface area contributed by atoms with Crippen LogP contribution in [-0.2, 0) is 10.5 Å². The van der Waals surface area contributed by atoms with Gasteiger partial charge in [-0.3, -0.25) is 20.4 Å². The summed E-state index contributed by atoms with van der Waals surface area (Å²) in [5.74, 6) is 0.458. The van der Waals surface area contributed by atoms with Crippen LogP contribution in [0.25, 0.3) is 0 Å². The maximum Gasteiger partial charge on any atom is 0.270 e. The van der Waals surface area contributed by atoms with E-state index in [2.05, 4.69) is 10.9 Å². The lowest BCUT2D eigenvalue weighted by Crippen LogP contribution is -2.36. The van der Waals surface area contributed by atoms with Crippen LogP contribution in [0.3, 0.4) is 0 Å². The third-order valence-corrected chi connectivity index (χ3v) is 3.76. The van der Waals surface area contributed by atoms with Crippen LogP contribution in [0.5, 0.6) is 0 Å². The van der Waals surface area contributed by atoms with Gasteiger partial charge in [0.15, 0.2) is 0 Å². The van der Waals surface area contributed by atoms with Gasteiger partial charge in [-0.25, -0.2) is 0 Å². The number of hydrazine groups is 1. The van der Waals surface area contributed by atoms with E-state index < -0.39 is 0 Å². The molecule has 0 unspecified atom stereocenters. The summed E-state index contributed by atoms with van der Waals surface area (Å²) >= 11 is 1.58. The molecule has 0 bridgehead atoms. The summed E-state index contributed by atoms with van der Waals surface area (Å²) in [6, 6.07) is 17.3. The maximum absolute atomic E-state index is 11.9. The van der Waals surface area contributed by atoms with Crippen molar-refractivity contribution in [1.82, 2.24) is 10.9 Å². The van der Waals surface area contributed by atoms with Crippen molar-refractivity contribution in [3.63, 3.8) is 0 Å². The van der Waals surface area contributed by atoms with E-state index in [1.54, 1.807) is 23.9 Å². The lowest BCUT2D eigenvalue weighted by molar-refractivity contribution is -0.110. The Kier molecular flexibility index (Phi) is 5.20. The van der Waals surface area contributed by atoms with Gasteiger partial charge in [-0.2, -0.15) is 0 Å². The molecule has 5 heteroatoms. The summed E-state index contributed by atoms with van der Waals surface area (Å²) in [6.45, 7) is 0. The molecule has 0 saturated heterocycles. The highest BCUT2D eigenvalue weighted by Crippen LogP contribution is 2.26. The number of nitrogens with one attached hydrogen (secondary N) is 2. The summed E-state index contributed by atoms with van der Waals surface area (Å²) in [5, 5.41) is 0. The molecule has 2 aromatic carbocycles. The highest BCUT2D eigenvalue weighted by Gasteiger charge is 2.10. The molecule has 4 nitrogen and oxygen atoms in total. The topological polar surface area (TPSA) is 58.2 Å². The number of benzene rings is 2. The normalized spacial score (nSPS) is 9.80. The number of carbonyl (C=O) groups excluding carboxylic acids is 2. The van der Waals surface area contributed by atoms with E-state index in [9.17, 15) is 9.59 Å². The standard InChI is InChI=1S/C15H14N2O2S/c18-11-16-17-15(19)13-8-4-5-9-14(13)20-10-12-6-2-1-3-7-12/h1-9,11H,10H2,(H,16,18)(H,17,19). The summed E-state index contributed by atoms with van der Waals surface area (Å²) in [7, 11) is 0. The molecule has 0 aliphatic rings. The van der Waals surface area contributed by atoms with E-state index in [1.165, 1.54) is 5.56 Å². The average molecular weight is 286 g/mol. The van der Waals surface area contributed by atoms with E-state index in [0.29, 0.717) is 12.0 Å². The molecule has 0 saturated carbocycles. The summed E-state index contributed by atoms with van der Waals surface area (Å²) in [6.07, 6.45) is 0.428. The Morgan fingerprint density at radius 3 is 2.50 bits per heavy atom. The zero-order chi connectivity index (χ0) is 14.2. The van der Waals surface area contributed by atoms with Crippen LogP contribution in [0.2, 0.25) is 0 Å². The van der Waals surface area contributed by atoms with Gasteiger partial charge in [0.25, 0.3) is 5.91 Å². The minimum Gasteiger partial charge on any atom is -0.277 e. The van der Waals surface area contributed by atoms with Gasteiger partial charge in [0.05, 0.1) is 5.56 Å². The van der Waals surface area contributed by atoms with Crippen LogP contribution < -0.4 is 10.9 Å². The van der Waals surface area contributed by atoms with Gasteiger partial charge in [-0.15, -0.1) is 11.8 Å². The molecule has 0 aliphatic heterocycles. The van der Waals surface area contributed by atoms with Gasteiger partial charge >= 0.3 is 0 Å². The Morgan fingerprint density at radius 1 is 1.05 bits per heavy atom. The van der Waals surface area contributed by atoms with E-state index in [1.807, 2.05) is 42.5 Å². The number of amides is 2. The second-order valence-electron chi connectivity index (χ2n) is 3.99. The third-order valence-electron chi connectivity index (χ3n) is 2.61. The Balaban J connectivity index is 2.07. The average Bonchev–Trinajstić information content (AvgIpc) is 2.52. The SMILES string of the molecule is O=CNNC(=O)c1ccccc1SCc1ccccc1. The first kappa shape index (κ1) is 14.1. The van der Waals surface area contributed by atoms with Crippen molar-refractivity contribution in [3.8, 4) is 0 Å². The molecule has 2 N–H and O–H groups in total. The smallest absolute Gasteiger partial charge is 0.270 e. The third kappa shape index (κ3) is 3.86. The highest BCUT2D eigenvalue weighted by molar-refractivity contribution is 7.98. The molecular weight excluding hydrogens is 272 g/mol. The van der Waals surface area contributed by atoms with Gasteiger partial charge < -0.3 is 0 Å². The number of hydrogen-bond donors (Lipinski definition) is 2. The molecule has 102 valence electrons. The molecule has 2 rings (SSSR count). The molecule has 0 aromatic heterocycles. The Hall–Kier alpha value is -2.27. The zero-order valence-electron chi connectivity index (χ0n) is 10.7. The van der Waals surface area contributed by atoms with E-state index in [4.69, 9.17) is 0 Å². The first-order valence-electron chi connectivity index (χ1n) is 6.06. The van der Waals surface area contributed by atoms with Crippen LogP contribution in [-0.4, -0.2) is 12.3 Å². The van der Waals surface area contributed by atoms with Crippen LogP contribution >= 0.6 is 11.8 Å². The zero-order valence-corrected chi connectivity index (χ0v) is 11.5. The lowest BCUT2D eigenvalue weighted by Gasteiger charge is -2.09. The summed E-state index contributed by atoms with van der Waals surface area (Å²) < 4.78 is 0. The highest BCUT2D eigenvalue weighted by atomic mass is 32.2. The molecular formula is C15H14N2O2S. The minimum atomic E-state index is -0.326. The summed E-state index contributed by atoms with van der Waals surface area (Å²) in [5.41, 5.74) is 6.21. The number of thioether (sulfide) groups is 1. The molecule has 0 heterocycles. The molecule has 0 aliphatic carbocycles. The summed E-state index contributed by atoms with van der Waals surface area (Å²) in [4.78, 5) is 23.0. The van der Waals surface area contributed by atoms with Gasteiger partial charge in [0.2, 0.25) is 6.41 Å². The fourth-order valence-electron chi connectivity index (χ4n) is 1.68. The predicted octanol–water partition coefficient (Wildman–Crippen LogP) is 2.37. The lowest BCUT2D eigenvalue weighted by atomic mass is 10.2. The van der Waals surface area contributed by atoms with Gasteiger partial charge in [0, 0.05) is 10.6 Å². The largest absolute Gasteiger partial charge is 0.277 e. The van der Waals surface area contributed by atoms with Crippen LogP contribution in [0.1, 0.15) is 15.9 Å². The second-order valence-corrected chi connectivity index (χ2v) is 5.00. The Morgan fingerprint density at radius 2 is 1.75 bits per heavy atom. The first-order valence-corrected chi connectivity index (χ1v) is 7.05. The van der Waals surface area contributed by atoms with Crippen molar-refractivity contribution in [2.24, 2.45) is 0 Å². The van der Waals surface area contributed by atoms with Crippen molar-refractivity contribution < 1.29 is 9.59 Å². The van der Waals surface area contributed by atoms with Crippen molar-refractivity contribution in [1.29, 1.82) is 0 Å². The molecule has 20 heavy (non-hydrogen) atoms. The minimum absolute atomic E-state index is 0.326. The van der Waals surface area contributed by atoms with Gasteiger partial charge in [-0.1, -0.05) is 42.5 Å². The van der Waals surface area contributed by atoms with Gasteiger partial charge in [0.1, 0.15) is 0 Å². The van der Waals surface area contributed by atoms with Crippen molar-refractivity contribution in [2.75, 3.05) is 0 Å². The van der Waals surface area contributed by atoms with E-state index >= 15 is 0 Å². The van der Waals surface area contributed by atoms with Crippen molar-refractivity contribution in [3.05, 3.63) is 65.7 Å². The number of carbonyl (C=O) groups is 2. The fourth-order valence-corrected chi connectivity index (χ4v) is 2.68. The molecule has 0 atom stereocenters. The monoisotopic (exact) mass is 286 g/mol. The van der Waals surface area contributed by atoms with E-state index in [-0.39, 0.29) is 5.91 Å². The quantitative estimate of drug-likeness (QED) is 0.487. The van der Waals surface area contributed by atoms with Crippen molar-refractivity contribution >= 4 is 24.1 Å². The van der Waals surface area contributed by atoms with Crippen molar-refractivity contribution in [2.45, 2.75) is 10.6 Å².